The smallest absolute Gasteiger partial charge is 0.137 e. The Labute approximate surface area is 124 Å². The van der Waals surface area contributed by atoms with Gasteiger partial charge in [-0.15, -0.1) is 0 Å². The molecule has 1 aliphatic rings. The summed E-state index contributed by atoms with van der Waals surface area (Å²) in [5.74, 6) is 0.721. The predicted octanol–water partition coefficient (Wildman–Crippen LogP) is 4.67. The van der Waals surface area contributed by atoms with E-state index in [1.165, 1.54) is 27.9 Å². The average molecular weight is 288 g/mol. The first-order valence-corrected chi connectivity index (χ1v) is 7.17. The maximum absolute atomic E-state index is 6.23. The highest BCUT2D eigenvalue weighted by molar-refractivity contribution is 6.32. The zero-order chi connectivity index (χ0) is 14.3. The molecule has 104 valence electrons. The first kappa shape index (κ1) is 13.3. The molecule has 0 amide bonds. The molecule has 0 spiro atoms. The van der Waals surface area contributed by atoms with Gasteiger partial charge < -0.3 is 10.1 Å². The van der Waals surface area contributed by atoms with Gasteiger partial charge in [0.05, 0.1) is 18.2 Å². The summed E-state index contributed by atoms with van der Waals surface area (Å²) in [6, 6.07) is 10.7. The Morgan fingerprint density at radius 1 is 1.15 bits per heavy atom. The monoisotopic (exact) mass is 287 g/mol. The summed E-state index contributed by atoms with van der Waals surface area (Å²) < 4.78 is 5.21. The number of benzene rings is 2. The fraction of sp³-hybridized carbons (Fsp3) is 0.294. The van der Waals surface area contributed by atoms with Crippen LogP contribution >= 0.6 is 11.6 Å². The standard InChI is InChI=1S/C17H18ClNO/c1-10-4-5-11(2)17-13(10)9-15(19-17)12-6-7-16(20-3)14(18)8-12/h4-8,15,19H,9H2,1-3H3. The van der Waals surface area contributed by atoms with Gasteiger partial charge in [-0.3, -0.25) is 0 Å². The molecule has 0 aliphatic carbocycles. The molecule has 0 saturated carbocycles. The Kier molecular flexibility index (Phi) is 3.35. The minimum absolute atomic E-state index is 0.285. The predicted molar refractivity (Wildman–Crippen MR) is 84.0 cm³/mol. The minimum atomic E-state index is 0.285. The molecule has 20 heavy (non-hydrogen) atoms. The van der Waals surface area contributed by atoms with Crippen molar-refractivity contribution in [3.8, 4) is 5.75 Å². The zero-order valence-electron chi connectivity index (χ0n) is 12.0. The summed E-state index contributed by atoms with van der Waals surface area (Å²) in [5.41, 5.74) is 6.54. The fourth-order valence-corrected chi connectivity index (χ4v) is 3.13. The minimum Gasteiger partial charge on any atom is -0.495 e. The van der Waals surface area contributed by atoms with Gasteiger partial charge in [-0.05, 0) is 54.7 Å². The molecule has 1 unspecified atom stereocenters. The maximum Gasteiger partial charge on any atom is 0.137 e. The van der Waals surface area contributed by atoms with Crippen LogP contribution in [-0.2, 0) is 6.42 Å². The number of methoxy groups -OCH3 is 1. The molecule has 2 aromatic rings. The highest BCUT2D eigenvalue weighted by Crippen LogP contribution is 2.39. The van der Waals surface area contributed by atoms with Gasteiger partial charge >= 0.3 is 0 Å². The van der Waals surface area contributed by atoms with E-state index < -0.39 is 0 Å². The second kappa shape index (κ2) is 5.02. The number of ether oxygens (including phenoxy) is 1. The van der Waals surface area contributed by atoms with Crippen LogP contribution < -0.4 is 10.1 Å². The molecule has 1 aliphatic heterocycles. The van der Waals surface area contributed by atoms with Gasteiger partial charge in [-0.25, -0.2) is 0 Å². The topological polar surface area (TPSA) is 21.3 Å². The van der Waals surface area contributed by atoms with Gasteiger partial charge in [0.1, 0.15) is 5.75 Å². The van der Waals surface area contributed by atoms with E-state index in [9.17, 15) is 0 Å². The summed E-state index contributed by atoms with van der Waals surface area (Å²) in [6.45, 7) is 4.32. The van der Waals surface area contributed by atoms with E-state index in [1.807, 2.05) is 12.1 Å². The largest absolute Gasteiger partial charge is 0.495 e. The van der Waals surface area contributed by atoms with Crippen LogP contribution in [0.1, 0.15) is 28.3 Å². The third-order valence-electron chi connectivity index (χ3n) is 4.06. The first-order valence-electron chi connectivity index (χ1n) is 6.79. The van der Waals surface area contributed by atoms with E-state index in [4.69, 9.17) is 16.3 Å². The Morgan fingerprint density at radius 2 is 1.90 bits per heavy atom. The van der Waals surface area contributed by atoms with Crippen molar-refractivity contribution < 1.29 is 4.74 Å². The van der Waals surface area contributed by atoms with Gasteiger partial charge in [0.15, 0.2) is 0 Å². The van der Waals surface area contributed by atoms with Crippen LogP contribution in [0.2, 0.25) is 5.02 Å². The molecule has 0 saturated heterocycles. The Bertz CT molecular complexity index is 635. The third kappa shape index (κ3) is 2.14. The van der Waals surface area contributed by atoms with Gasteiger partial charge in [-0.2, -0.15) is 0 Å². The molecule has 1 atom stereocenters. The molecule has 2 aromatic carbocycles. The van der Waals surface area contributed by atoms with E-state index in [-0.39, 0.29) is 6.04 Å². The molecule has 1 heterocycles. The lowest BCUT2D eigenvalue weighted by Gasteiger charge is -2.14. The summed E-state index contributed by atoms with van der Waals surface area (Å²) in [7, 11) is 1.64. The van der Waals surface area contributed by atoms with Crippen LogP contribution in [0, 0.1) is 13.8 Å². The van der Waals surface area contributed by atoms with Crippen molar-refractivity contribution in [1.29, 1.82) is 0 Å². The summed E-state index contributed by atoms with van der Waals surface area (Å²) in [4.78, 5) is 0. The van der Waals surface area contributed by atoms with Crippen LogP contribution in [0.4, 0.5) is 5.69 Å². The van der Waals surface area contributed by atoms with E-state index in [0.717, 1.165) is 12.2 Å². The van der Waals surface area contributed by atoms with Crippen molar-refractivity contribution in [2.45, 2.75) is 26.3 Å². The Morgan fingerprint density at radius 3 is 2.55 bits per heavy atom. The second-order valence-corrected chi connectivity index (χ2v) is 5.76. The van der Waals surface area contributed by atoms with Gasteiger partial charge in [-0.1, -0.05) is 29.8 Å². The van der Waals surface area contributed by atoms with Crippen molar-refractivity contribution in [2.75, 3.05) is 12.4 Å². The first-order chi connectivity index (χ1) is 9.60. The Hall–Kier alpha value is -1.67. The van der Waals surface area contributed by atoms with E-state index in [0.29, 0.717) is 5.02 Å². The molecule has 0 radical (unpaired) electrons. The highest BCUT2D eigenvalue weighted by Gasteiger charge is 2.25. The lowest BCUT2D eigenvalue weighted by Crippen LogP contribution is -2.06. The van der Waals surface area contributed by atoms with Crippen LogP contribution in [0.25, 0.3) is 0 Å². The number of rotatable bonds is 2. The highest BCUT2D eigenvalue weighted by atomic mass is 35.5. The molecule has 3 heteroatoms. The molecule has 3 rings (SSSR count). The zero-order valence-corrected chi connectivity index (χ0v) is 12.7. The summed E-state index contributed by atoms with van der Waals surface area (Å²) in [5, 5.41) is 4.29. The van der Waals surface area contributed by atoms with Crippen LogP contribution in [0.3, 0.4) is 0 Å². The van der Waals surface area contributed by atoms with Crippen molar-refractivity contribution in [2.24, 2.45) is 0 Å². The van der Waals surface area contributed by atoms with Crippen LogP contribution in [-0.4, -0.2) is 7.11 Å². The van der Waals surface area contributed by atoms with Gasteiger partial charge in [0.25, 0.3) is 0 Å². The third-order valence-corrected chi connectivity index (χ3v) is 4.36. The number of halogens is 1. The second-order valence-electron chi connectivity index (χ2n) is 5.35. The van der Waals surface area contributed by atoms with E-state index in [2.05, 4.69) is 37.4 Å². The van der Waals surface area contributed by atoms with Crippen LogP contribution in [0.5, 0.6) is 5.75 Å². The molecule has 0 fully saturated rings. The summed E-state index contributed by atoms with van der Waals surface area (Å²) in [6.07, 6.45) is 1.01. The van der Waals surface area contributed by atoms with Crippen molar-refractivity contribution in [3.05, 3.63) is 57.6 Å². The summed E-state index contributed by atoms with van der Waals surface area (Å²) >= 11 is 6.23. The number of hydrogen-bond donors (Lipinski definition) is 1. The number of nitrogens with one attached hydrogen (secondary N) is 1. The van der Waals surface area contributed by atoms with Gasteiger partial charge in [0.2, 0.25) is 0 Å². The van der Waals surface area contributed by atoms with E-state index >= 15 is 0 Å². The van der Waals surface area contributed by atoms with Gasteiger partial charge in [0, 0.05) is 5.69 Å². The molecule has 0 bridgehead atoms. The lowest BCUT2D eigenvalue weighted by molar-refractivity contribution is 0.415. The lowest BCUT2D eigenvalue weighted by atomic mass is 9.98. The molecule has 0 aromatic heterocycles. The number of hydrogen-bond acceptors (Lipinski definition) is 2. The molecule has 1 N–H and O–H groups in total. The molecule has 2 nitrogen and oxygen atoms in total. The van der Waals surface area contributed by atoms with E-state index in [1.54, 1.807) is 7.11 Å². The van der Waals surface area contributed by atoms with Crippen molar-refractivity contribution in [3.63, 3.8) is 0 Å². The number of fused-ring (bicyclic) bond motifs is 1. The van der Waals surface area contributed by atoms with Crippen molar-refractivity contribution >= 4 is 17.3 Å². The molecular formula is C17H18ClNO. The maximum atomic E-state index is 6.23. The number of aryl methyl sites for hydroxylation is 2. The molecular weight excluding hydrogens is 270 g/mol. The average Bonchev–Trinajstić information content (AvgIpc) is 2.89. The fourth-order valence-electron chi connectivity index (χ4n) is 2.86. The van der Waals surface area contributed by atoms with Crippen molar-refractivity contribution in [1.82, 2.24) is 0 Å². The normalized spacial score (nSPS) is 16.7. The Balaban J connectivity index is 1.94. The van der Waals surface area contributed by atoms with Crippen LogP contribution in [0.15, 0.2) is 30.3 Å². The number of anilines is 1. The SMILES string of the molecule is COc1ccc(C2Cc3c(C)ccc(C)c3N2)cc1Cl. The quantitative estimate of drug-likeness (QED) is 0.866.